The Morgan fingerprint density at radius 1 is 1.36 bits per heavy atom. The summed E-state index contributed by atoms with van der Waals surface area (Å²) in [4.78, 5) is 25.8. The molecule has 0 fully saturated rings. The van der Waals surface area contributed by atoms with Crippen LogP contribution in [0.15, 0.2) is 6.07 Å². The van der Waals surface area contributed by atoms with Gasteiger partial charge in [-0.2, -0.15) is 5.10 Å². The van der Waals surface area contributed by atoms with Crippen molar-refractivity contribution in [3.63, 3.8) is 0 Å². The largest absolute Gasteiger partial charge is 0.352 e. The SMILES string of the molecule is CCCN1CCCn2nc(CNC(=O)[C@@H](NC(N)=O)C(C)C)cc2C1. The van der Waals surface area contributed by atoms with Crippen molar-refractivity contribution in [2.75, 3.05) is 13.1 Å². The van der Waals surface area contributed by atoms with Crippen LogP contribution in [-0.4, -0.2) is 45.8 Å². The summed E-state index contributed by atoms with van der Waals surface area (Å²) >= 11 is 0. The van der Waals surface area contributed by atoms with E-state index < -0.39 is 12.1 Å². The zero-order chi connectivity index (χ0) is 18.4. The number of aryl methyl sites for hydroxylation is 1. The van der Waals surface area contributed by atoms with E-state index in [9.17, 15) is 9.59 Å². The molecule has 0 saturated heterocycles. The third kappa shape index (κ3) is 5.45. The summed E-state index contributed by atoms with van der Waals surface area (Å²) in [5.74, 6) is -0.293. The Morgan fingerprint density at radius 2 is 2.12 bits per heavy atom. The van der Waals surface area contributed by atoms with Gasteiger partial charge in [0.05, 0.1) is 17.9 Å². The second kappa shape index (κ2) is 8.84. The van der Waals surface area contributed by atoms with Crippen LogP contribution in [0.5, 0.6) is 0 Å². The predicted octanol–water partition coefficient (Wildman–Crippen LogP) is 0.808. The van der Waals surface area contributed by atoms with Gasteiger partial charge in [0.25, 0.3) is 0 Å². The smallest absolute Gasteiger partial charge is 0.312 e. The third-order valence-electron chi connectivity index (χ3n) is 4.37. The molecule has 140 valence electrons. The Hall–Kier alpha value is -2.09. The molecular weight excluding hydrogens is 320 g/mol. The number of fused-ring (bicyclic) bond motifs is 1. The third-order valence-corrected chi connectivity index (χ3v) is 4.37. The van der Waals surface area contributed by atoms with Gasteiger partial charge in [-0.05, 0) is 31.4 Å². The average molecular weight is 350 g/mol. The van der Waals surface area contributed by atoms with Crippen molar-refractivity contribution < 1.29 is 9.59 Å². The second-order valence-electron chi connectivity index (χ2n) is 6.93. The first-order valence-electron chi connectivity index (χ1n) is 9.02. The molecule has 1 aliphatic rings. The number of carbonyl (C=O) groups excluding carboxylic acids is 2. The molecule has 2 heterocycles. The van der Waals surface area contributed by atoms with E-state index in [-0.39, 0.29) is 11.8 Å². The van der Waals surface area contributed by atoms with Gasteiger partial charge < -0.3 is 16.4 Å². The maximum atomic E-state index is 12.3. The molecule has 0 saturated carbocycles. The number of nitrogens with one attached hydrogen (secondary N) is 2. The van der Waals surface area contributed by atoms with Gasteiger partial charge in [-0.15, -0.1) is 0 Å². The zero-order valence-corrected chi connectivity index (χ0v) is 15.4. The maximum absolute atomic E-state index is 12.3. The molecule has 0 aliphatic carbocycles. The number of nitrogens with zero attached hydrogens (tertiary/aromatic N) is 3. The first-order chi connectivity index (χ1) is 11.9. The summed E-state index contributed by atoms with van der Waals surface area (Å²) in [5.41, 5.74) is 7.17. The standard InChI is InChI=1S/C17H30N6O2/c1-4-6-22-7-5-8-23-14(11-22)9-13(21-23)10-19-16(24)15(12(2)3)20-17(18)25/h9,12,15H,4-8,10-11H2,1-3H3,(H,19,24)(H3,18,20,25)/t15-/m0/s1. The van der Waals surface area contributed by atoms with Crippen LogP contribution in [0.4, 0.5) is 4.79 Å². The van der Waals surface area contributed by atoms with Gasteiger partial charge in [0, 0.05) is 19.6 Å². The average Bonchev–Trinajstić information content (AvgIpc) is 2.82. The van der Waals surface area contributed by atoms with Gasteiger partial charge >= 0.3 is 6.03 Å². The van der Waals surface area contributed by atoms with Gasteiger partial charge in [-0.25, -0.2) is 4.79 Å². The van der Waals surface area contributed by atoms with Crippen molar-refractivity contribution in [3.8, 4) is 0 Å². The monoisotopic (exact) mass is 350 g/mol. The van der Waals surface area contributed by atoms with Gasteiger partial charge in [-0.1, -0.05) is 20.8 Å². The van der Waals surface area contributed by atoms with Crippen molar-refractivity contribution in [3.05, 3.63) is 17.5 Å². The highest BCUT2D eigenvalue weighted by molar-refractivity contribution is 5.86. The van der Waals surface area contributed by atoms with E-state index in [2.05, 4.69) is 33.6 Å². The van der Waals surface area contributed by atoms with Crippen molar-refractivity contribution in [1.82, 2.24) is 25.3 Å². The topological polar surface area (TPSA) is 105 Å². The lowest BCUT2D eigenvalue weighted by atomic mass is 10.0. The fourth-order valence-corrected chi connectivity index (χ4v) is 3.16. The van der Waals surface area contributed by atoms with E-state index in [0.29, 0.717) is 6.54 Å². The first-order valence-corrected chi connectivity index (χ1v) is 9.02. The Labute approximate surface area is 149 Å². The Balaban J connectivity index is 1.96. The van der Waals surface area contributed by atoms with Crippen molar-refractivity contribution in [1.29, 1.82) is 0 Å². The molecular formula is C17H30N6O2. The number of hydrogen-bond acceptors (Lipinski definition) is 4. The normalized spacial score (nSPS) is 16.2. The van der Waals surface area contributed by atoms with E-state index in [1.54, 1.807) is 0 Å². The van der Waals surface area contributed by atoms with Gasteiger partial charge in [0.1, 0.15) is 6.04 Å². The van der Waals surface area contributed by atoms with E-state index >= 15 is 0 Å². The number of amides is 3. The first kappa shape index (κ1) is 19.2. The fourth-order valence-electron chi connectivity index (χ4n) is 3.16. The highest BCUT2D eigenvalue weighted by Crippen LogP contribution is 2.14. The van der Waals surface area contributed by atoms with E-state index in [4.69, 9.17) is 5.73 Å². The molecule has 25 heavy (non-hydrogen) atoms. The number of nitrogens with two attached hydrogens (primary N) is 1. The van der Waals surface area contributed by atoms with Crippen molar-refractivity contribution in [2.45, 2.75) is 59.3 Å². The number of hydrogen-bond donors (Lipinski definition) is 3. The molecule has 1 atom stereocenters. The summed E-state index contributed by atoms with van der Waals surface area (Å²) in [6.45, 7) is 10.2. The van der Waals surface area contributed by atoms with E-state index in [1.165, 1.54) is 5.69 Å². The van der Waals surface area contributed by atoms with Crippen LogP contribution in [0.1, 0.15) is 45.0 Å². The molecule has 8 heteroatoms. The number of aromatic nitrogens is 2. The molecule has 8 nitrogen and oxygen atoms in total. The molecule has 1 aromatic heterocycles. The molecule has 0 bridgehead atoms. The molecule has 0 unspecified atom stereocenters. The van der Waals surface area contributed by atoms with Gasteiger partial charge in [-0.3, -0.25) is 14.4 Å². The minimum atomic E-state index is -0.696. The van der Waals surface area contributed by atoms with Crippen LogP contribution < -0.4 is 16.4 Å². The minimum absolute atomic E-state index is 0.0474. The van der Waals surface area contributed by atoms with Gasteiger partial charge in [0.15, 0.2) is 0 Å². The summed E-state index contributed by atoms with van der Waals surface area (Å²) < 4.78 is 2.04. The lowest BCUT2D eigenvalue weighted by Crippen LogP contribution is -2.51. The van der Waals surface area contributed by atoms with Gasteiger partial charge in [0.2, 0.25) is 5.91 Å². The summed E-state index contributed by atoms with van der Waals surface area (Å²) in [6.07, 6.45) is 2.22. The molecule has 0 radical (unpaired) electrons. The Morgan fingerprint density at radius 3 is 2.76 bits per heavy atom. The quantitative estimate of drug-likeness (QED) is 0.676. The lowest BCUT2D eigenvalue weighted by molar-refractivity contribution is -0.124. The van der Waals surface area contributed by atoms with E-state index in [1.807, 2.05) is 18.5 Å². The van der Waals surface area contributed by atoms with Crippen LogP contribution in [0.2, 0.25) is 0 Å². The zero-order valence-electron chi connectivity index (χ0n) is 15.4. The number of carbonyl (C=O) groups is 2. The number of urea groups is 1. The number of rotatable bonds is 7. The predicted molar refractivity (Wildman–Crippen MR) is 95.6 cm³/mol. The Bertz CT molecular complexity index is 598. The molecule has 1 aromatic rings. The Kier molecular flexibility index (Phi) is 6.81. The highest BCUT2D eigenvalue weighted by Gasteiger charge is 2.23. The van der Waals surface area contributed by atoms with Crippen LogP contribution in [0.25, 0.3) is 0 Å². The summed E-state index contributed by atoms with van der Waals surface area (Å²) in [7, 11) is 0. The molecule has 0 spiro atoms. The fraction of sp³-hybridized carbons (Fsp3) is 0.706. The maximum Gasteiger partial charge on any atom is 0.312 e. The molecule has 4 N–H and O–H groups in total. The van der Waals surface area contributed by atoms with Crippen molar-refractivity contribution in [2.24, 2.45) is 11.7 Å². The molecule has 1 aliphatic heterocycles. The molecule has 3 amide bonds. The molecule has 0 aromatic carbocycles. The van der Waals surface area contributed by atoms with E-state index in [0.717, 1.165) is 44.7 Å². The van der Waals surface area contributed by atoms with Crippen LogP contribution >= 0.6 is 0 Å². The molecule has 2 rings (SSSR count). The van der Waals surface area contributed by atoms with Crippen molar-refractivity contribution >= 4 is 11.9 Å². The lowest BCUT2D eigenvalue weighted by Gasteiger charge is -2.20. The van der Waals surface area contributed by atoms with Crippen LogP contribution in [0, 0.1) is 5.92 Å². The van der Waals surface area contributed by atoms with Crippen LogP contribution in [-0.2, 0) is 24.4 Å². The highest BCUT2D eigenvalue weighted by atomic mass is 16.2. The summed E-state index contributed by atoms with van der Waals surface area (Å²) in [5, 5.41) is 9.94. The minimum Gasteiger partial charge on any atom is -0.352 e. The summed E-state index contributed by atoms with van der Waals surface area (Å²) in [6, 6.07) is 0.719. The van der Waals surface area contributed by atoms with Crippen LogP contribution in [0.3, 0.4) is 0 Å². The second-order valence-corrected chi connectivity index (χ2v) is 6.93. The number of primary amides is 1.